The van der Waals surface area contributed by atoms with E-state index in [0.717, 1.165) is 18.5 Å². The first-order valence-electron chi connectivity index (χ1n) is 9.55. The molecule has 1 atom stereocenters. The maximum atomic E-state index is 12.4. The standard InChI is InChI=1S/C21H32N2O3/c1-19(2)13-10-14-20(3,4)23(19)26-21(5,6)17-15-25-18(24)22(17)16-11-8-7-9-12-16/h7-9,11-12,17H,10,13-15H2,1-6H3. The predicted molar refractivity (Wildman–Crippen MR) is 103 cm³/mol. The van der Waals surface area contributed by atoms with E-state index >= 15 is 0 Å². The number of hydrogen-bond acceptors (Lipinski definition) is 4. The second-order valence-corrected chi connectivity index (χ2v) is 9.27. The van der Waals surface area contributed by atoms with Crippen molar-refractivity contribution in [3.63, 3.8) is 0 Å². The highest BCUT2D eigenvalue weighted by Gasteiger charge is 2.50. The zero-order valence-electron chi connectivity index (χ0n) is 16.9. The molecule has 0 N–H and O–H groups in total. The quantitative estimate of drug-likeness (QED) is 0.776. The molecule has 144 valence electrons. The monoisotopic (exact) mass is 360 g/mol. The number of benzene rings is 1. The summed E-state index contributed by atoms with van der Waals surface area (Å²) in [5, 5.41) is 2.16. The van der Waals surface area contributed by atoms with Gasteiger partial charge in [0.25, 0.3) is 0 Å². The molecule has 1 aromatic rings. The minimum atomic E-state index is -0.589. The van der Waals surface area contributed by atoms with Crippen molar-refractivity contribution < 1.29 is 14.4 Å². The van der Waals surface area contributed by atoms with E-state index in [-0.39, 0.29) is 23.2 Å². The first-order valence-corrected chi connectivity index (χ1v) is 9.55. The Labute approximate surface area is 157 Å². The van der Waals surface area contributed by atoms with Crippen molar-refractivity contribution in [3.8, 4) is 0 Å². The minimum absolute atomic E-state index is 0.0555. The number of hydroxylamine groups is 2. The molecule has 2 aliphatic heterocycles. The lowest BCUT2D eigenvalue weighted by Crippen LogP contribution is -2.63. The van der Waals surface area contributed by atoms with Gasteiger partial charge in [-0.15, -0.1) is 0 Å². The van der Waals surface area contributed by atoms with Gasteiger partial charge in [0, 0.05) is 16.8 Å². The largest absolute Gasteiger partial charge is 0.447 e. The third-order valence-electron chi connectivity index (χ3n) is 5.71. The molecule has 2 aliphatic rings. The van der Waals surface area contributed by atoms with Crippen LogP contribution in [0.2, 0.25) is 0 Å². The number of amides is 1. The molecule has 0 spiro atoms. The van der Waals surface area contributed by atoms with E-state index in [2.05, 4.69) is 46.6 Å². The summed E-state index contributed by atoms with van der Waals surface area (Å²) < 4.78 is 5.40. The zero-order valence-corrected chi connectivity index (χ0v) is 16.9. The van der Waals surface area contributed by atoms with Gasteiger partial charge in [-0.25, -0.2) is 4.79 Å². The van der Waals surface area contributed by atoms with E-state index in [1.165, 1.54) is 6.42 Å². The molecule has 2 heterocycles. The Balaban J connectivity index is 1.88. The molecule has 1 unspecified atom stereocenters. The number of cyclic esters (lactones) is 1. The Hall–Kier alpha value is -1.59. The first-order chi connectivity index (χ1) is 12.0. The van der Waals surface area contributed by atoms with E-state index in [4.69, 9.17) is 9.57 Å². The Bertz CT molecular complexity index is 638. The summed E-state index contributed by atoms with van der Waals surface area (Å²) in [6.07, 6.45) is 3.07. The third kappa shape index (κ3) is 3.47. The lowest BCUT2D eigenvalue weighted by molar-refractivity contribution is -0.332. The Kier molecular flexibility index (Phi) is 4.82. The van der Waals surface area contributed by atoms with Gasteiger partial charge < -0.3 is 4.74 Å². The zero-order chi connectivity index (χ0) is 19.2. The highest BCUT2D eigenvalue weighted by molar-refractivity contribution is 5.90. The number of ether oxygens (including phenoxy) is 1. The van der Waals surface area contributed by atoms with Crippen molar-refractivity contribution in [2.45, 2.75) is 83.5 Å². The number of piperidine rings is 1. The van der Waals surface area contributed by atoms with Gasteiger partial charge in [-0.1, -0.05) is 18.2 Å². The maximum Gasteiger partial charge on any atom is 0.414 e. The van der Waals surface area contributed by atoms with Crippen LogP contribution < -0.4 is 4.90 Å². The van der Waals surface area contributed by atoms with E-state index in [9.17, 15) is 4.79 Å². The van der Waals surface area contributed by atoms with Crippen molar-refractivity contribution in [1.29, 1.82) is 0 Å². The molecule has 0 radical (unpaired) electrons. The van der Waals surface area contributed by atoms with Crippen molar-refractivity contribution in [1.82, 2.24) is 5.06 Å². The number of para-hydroxylation sites is 1. The van der Waals surface area contributed by atoms with Crippen LogP contribution in [0.4, 0.5) is 10.5 Å². The Morgan fingerprint density at radius 3 is 2.23 bits per heavy atom. The fourth-order valence-electron chi connectivity index (χ4n) is 4.33. The van der Waals surface area contributed by atoms with Gasteiger partial charge in [0.15, 0.2) is 0 Å². The number of anilines is 1. The van der Waals surface area contributed by atoms with E-state index < -0.39 is 5.60 Å². The molecule has 5 heteroatoms. The van der Waals surface area contributed by atoms with Crippen LogP contribution in [0.15, 0.2) is 30.3 Å². The molecule has 0 aromatic heterocycles. The molecule has 2 saturated heterocycles. The third-order valence-corrected chi connectivity index (χ3v) is 5.71. The smallest absolute Gasteiger partial charge is 0.414 e. The second-order valence-electron chi connectivity index (χ2n) is 9.27. The average Bonchev–Trinajstić information content (AvgIpc) is 2.94. The first kappa shape index (κ1) is 19.2. The maximum absolute atomic E-state index is 12.4. The molecule has 1 aromatic carbocycles. The fourth-order valence-corrected chi connectivity index (χ4v) is 4.33. The summed E-state index contributed by atoms with van der Waals surface area (Å²) in [7, 11) is 0. The van der Waals surface area contributed by atoms with Gasteiger partial charge >= 0.3 is 6.09 Å². The summed E-state index contributed by atoms with van der Waals surface area (Å²) in [5.74, 6) is 0. The topological polar surface area (TPSA) is 42.0 Å². The number of rotatable bonds is 4. The Morgan fingerprint density at radius 2 is 1.65 bits per heavy atom. The number of nitrogens with zero attached hydrogens (tertiary/aromatic N) is 2. The number of hydrogen-bond donors (Lipinski definition) is 0. The van der Waals surface area contributed by atoms with Crippen molar-refractivity contribution in [2.75, 3.05) is 11.5 Å². The van der Waals surface area contributed by atoms with Crippen molar-refractivity contribution in [3.05, 3.63) is 30.3 Å². The molecule has 3 rings (SSSR count). The lowest BCUT2D eigenvalue weighted by Gasteiger charge is -2.54. The lowest BCUT2D eigenvalue weighted by atomic mass is 9.82. The van der Waals surface area contributed by atoms with Crippen LogP contribution in [0.5, 0.6) is 0 Å². The Morgan fingerprint density at radius 1 is 1.08 bits per heavy atom. The van der Waals surface area contributed by atoms with Gasteiger partial charge in [-0.3, -0.25) is 9.74 Å². The average molecular weight is 360 g/mol. The summed E-state index contributed by atoms with van der Waals surface area (Å²) in [6.45, 7) is 13.4. The number of carbonyl (C=O) groups excluding carboxylic acids is 1. The SMILES string of the molecule is CC(C)(ON1C(C)(C)CCCC1(C)C)C1COC(=O)N1c1ccccc1. The molecule has 26 heavy (non-hydrogen) atoms. The van der Waals surface area contributed by atoms with Crippen molar-refractivity contribution in [2.24, 2.45) is 0 Å². The normalized spacial score (nSPS) is 26.0. The van der Waals surface area contributed by atoms with E-state index in [1.807, 2.05) is 30.3 Å². The van der Waals surface area contributed by atoms with Crippen LogP contribution in [0.25, 0.3) is 0 Å². The minimum Gasteiger partial charge on any atom is -0.447 e. The predicted octanol–water partition coefficient (Wildman–Crippen LogP) is 4.77. The van der Waals surface area contributed by atoms with Gasteiger partial charge in [0.2, 0.25) is 0 Å². The molecule has 0 aliphatic carbocycles. The van der Waals surface area contributed by atoms with E-state index in [1.54, 1.807) is 4.90 Å². The van der Waals surface area contributed by atoms with Gasteiger partial charge in [0.05, 0.1) is 0 Å². The van der Waals surface area contributed by atoms with Crippen LogP contribution in [-0.4, -0.2) is 40.5 Å². The highest BCUT2D eigenvalue weighted by atomic mass is 16.7. The molecule has 0 bridgehead atoms. The summed E-state index contributed by atoms with van der Waals surface area (Å²) >= 11 is 0. The molecule has 0 saturated carbocycles. The van der Waals surface area contributed by atoms with E-state index in [0.29, 0.717) is 6.61 Å². The fraction of sp³-hybridized carbons (Fsp3) is 0.667. The van der Waals surface area contributed by atoms with Gasteiger partial charge in [-0.05, 0) is 72.9 Å². The van der Waals surface area contributed by atoms with Crippen molar-refractivity contribution >= 4 is 11.8 Å². The van der Waals surface area contributed by atoms with Crippen LogP contribution in [0.3, 0.4) is 0 Å². The van der Waals surface area contributed by atoms with Crippen LogP contribution >= 0.6 is 0 Å². The summed E-state index contributed by atoms with van der Waals surface area (Å²) in [4.78, 5) is 20.8. The molecule has 1 amide bonds. The van der Waals surface area contributed by atoms with Crippen LogP contribution in [0, 0.1) is 0 Å². The number of carbonyl (C=O) groups is 1. The van der Waals surface area contributed by atoms with Gasteiger partial charge in [0.1, 0.15) is 18.2 Å². The molecular weight excluding hydrogens is 328 g/mol. The summed E-state index contributed by atoms with van der Waals surface area (Å²) in [6, 6.07) is 9.49. The molecule has 5 nitrogen and oxygen atoms in total. The molecular formula is C21H32N2O3. The second kappa shape index (κ2) is 6.54. The van der Waals surface area contributed by atoms with Crippen LogP contribution in [0.1, 0.15) is 60.8 Å². The van der Waals surface area contributed by atoms with Crippen LogP contribution in [-0.2, 0) is 9.57 Å². The van der Waals surface area contributed by atoms with Gasteiger partial charge in [-0.2, -0.15) is 5.06 Å². The molecule has 2 fully saturated rings. The summed E-state index contributed by atoms with van der Waals surface area (Å²) in [5.41, 5.74) is 0.141. The highest BCUT2D eigenvalue weighted by Crippen LogP contribution is 2.42.